The van der Waals surface area contributed by atoms with Gasteiger partial charge in [-0.05, 0) is 18.9 Å². The molecule has 1 heterocycles. The van der Waals surface area contributed by atoms with E-state index in [2.05, 4.69) is 19.1 Å². The summed E-state index contributed by atoms with van der Waals surface area (Å²) in [7, 11) is 0. The number of hydrogen-bond acceptors (Lipinski definition) is 3. The van der Waals surface area contributed by atoms with Gasteiger partial charge in [0.15, 0.2) is 0 Å². The average Bonchev–Trinajstić information content (AvgIpc) is 2.82. The number of rotatable bonds is 4. The van der Waals surface area contributed by atoms with Crippen LogP contribution in [0.3, 0.4) is 0 Å². The van der Waals surface area contributed by atoms with Gasteiger partial charge in [-0.3, -0.25) is 0 Å². The van der Waals surface area contributed by atoms with Gasteiger partial charge in [0.05, 0.1) is 19.8 Å². The minimum absolute atomic E-state index is 0.171. The predicted molar refractivity (Wildman–Crippen MR) is 75.2 cm³/mol. The van der Waals surface area contributed by atoms with E-state index in [-0.39, 0.29) is 11.0 Å². The first-order valence-electron chi connectivity index (χ1n) is 7.20. The lowest BCUT2D eigenvalue weighted by atomic mass is 9.88. The molecule has 19 heavy (non-hydrogen) atoms. The van der Waals surface area contributed by atoms with Crippen molar-refractivity contribution in [1.29, 1.82) is 0 Å². The van der Waals surface area contributed by atoms with Crippen LogP contribution in [0.4, 0.5) is 0 Å². The summed E-state index contributed by atoms with van der Waals surface area (Å²) in [6.45, 7) is 4.50. The van der Waals surface area contributed by atoms with Crippen molar-refractivity contribution >= 4 is 0 Å². The third-order valence-electron chi connectivity index (χ3n) is 4.40. The van der Waals surface area contributed by atoms with Crippen molar-refractivity contribution in [2.45, 2.75) is 38.1 Å². The number of nitrogens with two attached hydrogens (primary N) is 1. The van der Waals surface area contributed by atoms with Crippen LogP contribution in [0.15, 0.2) is 24.3 Å². The fraction of sp³-hybridized carbons (Fsp3) is 0.625. The van der Waals surface area contributed by atoms with E-state index in [9.17, 15) is 0 Å². The largest absolute Gasteiger partial charge is 0.492 e. The zero-order chi connectivity index (χ0) is 13.3. The van der Waals surface area contributed by atoms with Crippen LogP contribution >= 0.6 is 0 Å². The Morgan fingerprint density at radius 3 is 2.53 bits per heavy atom. The van der Waals surface area contributed by atoms with Crippen LogP contribution in [-0.4, -0.2) is 19.8 Å². The van der Waals surface area contributed by atoms with Crippen molar-refractivity contribution in [3.8, 4) is 5.75 Å². The van der Waals surface area contributed by atoms with Crippen LogP contribution in [0.2, 0.25) is 0 Å². The lowest BCUT2D eigenvalue weighted by Crippen LogP contribution is -2.44. The normalized spacial score (nSPS) is 23.9. The Balaban J connectivity index is 1.77. The molecule has 2 fully saturated rings. The molecule has 3 heteroatoms. The first-order valence-corrected chi connectivity index (χ1v) is 7.20. The van der Waals surface area contributed by atoms with Crippen molar-refractivity contribution in [2.24, 2.45) is 11.1 Å². The summed E-state index contributed by atoms with van der Waals surface area (Å²) >= 11 is 0. The van der Waals surface area contributed by atoms with E-state index in [1.165, 1.54) is 18.4 Å². The second-order valence-corrected chi connectivity index (χ2v) is 6.45. The monoisotopic (exact) mass is 261 g/mol. The molecule has 0 bridgehead atoms. The molecule has 3 nitrogen and oxygen atoms in total. The van der Waals surface area contributed by atoms with Gasteiger partial charge in [0.2, 0.25) is 0 Å². The van der Waals surface area contributed by atoms with Gasteiger partial charge < -0.3 is 15.2 Å². The molecular formula is C16H23NO2. The number of para-hydroxylation sites is 1. The molecule has 1 saturated heterocycles. The highest BCUT2D eigenvalue weighted by Gasteiger charge is 2.36. The maximum atomic E-state index is 6.56. The van der Waals surface area contributed by atoms with E-state index >= 15 is 0 Å². The van der Waals surface area contributed by atoms with Gasteiger partial charge in [-0.25, -0.2) is 0 Å². The third-order valence-corrected chi connectivity index (χ3v) is 4.40. The van der Waals surface area contributed by atoms with Crippen molar-refractivity contribution < 1.29 is 9.47 Å². The van der Waals surface area contributed by atoms with Gasteiger partial charge in [0.25, 0.3) is 0 Å². The Morgan fingerprint density at radius 2 is 1.89 bits per heavy atom. The lowest BCUT2D eigenvalue weighted by Gasteiger charge is -2.38. The van der Waals surface area contributed by atoms with Crippen molar-refractivity contribution in [3.63, 3.8) is 0 Å². The summed E-state index contributed by atoms with van der Waals surface area (Å²) in [5.41, 5.74) is 7.72. The number of benzene rings is 1. The van der Waals surface area contributed by atoms with Gasteiger partial charge in [-0.2, -0.15) is 0 Å². The number of ether oxygens (including phenoxy) is 2. The van der Waals surface area contributed by atoms with Crippen molar-refractivity contribution in [1.82, 2.24) is 0 Å². The number of hydrogen-bond donors (Lipinski definition) is 1. The molecule has 1 saturated carbocycles. The quantitative estimate of drug-likeness (QED) is 0.906. The van der Waals surface area contributed by atoms with Crippen LogP contribution in [0.1, 0.15) is 38.2 Å². The van der Waals surface area contributed by atoms with E-state index in [4.69, 9.17) is 15.2 Å². The van der Waals surface area contributed by atoms with Crippen LogP contribution < -0.4 is 10.5 Å². The van der Waals surface area contributed by atoms with Crippen molar-refractivity contribution in [2.75, 3.05) is 19.8 Å². The van der Waals surface area contributed by atoms with Gasteiger partial charge in [-0.15, -0.1) is 0 Å². The van der Waals surface area contributed by atoms with E-state index < -0.39 is 0 Å². The smallest absolute Gasteiger partial charge is 0.124 e. The summed E-state index contributed by atoms with van der Waals surface area (Å²) in [6.07, 6.45) is 4.56. The molecule has 0 unspecified atom stereocenters. The Kier molecular flexibility index (Phi) is 3.27. The lowest BCUT2D eigenvalue weighted by molar-refractivity contribution is -0.120. The van der Waals surface area contributed by atoms with Crippen LogP contribution in [0.5, 0.6) is 5.75 Å². The molecule has 0 aromatic heterocycles. The highest BCUT2D eigenvalue weighted by atomic mass is 16.5. The maximum Gasteiger partial charge on any atom is 0.124 e. The van der Waals surface area contributed by atoms with Gasteiger partial charge >= 0.3 is 0 Å². The summed E-state index contributed by atoms with van der Waals surface area (Å²) in [5, 5.41) is 0. The maximum absolute atomic E-state index is 6.56. The first-order chi connectivity index (χ1) is 9.11. The second kappa shape index (κ2) is 4.80. The van der Waals surface area contributed by atoms with E-state index in [0.29, 0.717) is 6.61 Å². The Labute approximate surface area is 115 Å². The molecule has 0 radical (unpaired) electrons. The van der Waals surface area contributed by atoms with Gasteiger partial charge in [-0.1, -0.05) is 38.0 Å². The molecular weight excluding hydrogens is 238 g/mol. The molecule has 3 rings (SSSR count). The van der Waals surface area contributed by atoms with E-state index in [1.54, 1.807) is 0 Å². The van der Waals surface area contributed by atoms with Crippen LogP contribution in [0.25, 0.3) is 0 Å². The molecule has 0 spiro atoms. The summed E-state index contributed by atoms with van der Waals surface area (Å²) < 4.78 is 11.3. The first kappa shape index (κ1) is 12.9. The molecule has 1 aliphatic heterocycles. The standard InChI is InChI=1S/C16H23NO2/c1-15(10-18-11-15)12-19-14-7-3-2-6-13(14)16(17)8-4-5-9-16/h2-3,6-7H,4-5,8-12,17H2,1H3. The molecule has 1 aliphatic carbocycles. The molecule has 1 aromatic carbocycles. The SMILES string of the molecule is CC1(COc2ccccc2C2(N)CCCC2)COC1. The van der Waals surface area contributed by atoms with E-state index in [1.807, 2.05) is 12.1 Å². The molecule has 2 N–H and O–H groups in total. The van der Waals surface area contributed by atoms with E-state index in [0.717, 1.165) is 31.8 Å². The minimum atomic E-state index is -0.187. The summed E-state index contributed by atoms with van der Waals surface area (Å²) in [4.78, 5) is 0. The topological polar surface area (TPSA) is 44.5 Å². The molecule has 0 atom stereocenters. The molecule has 2 aliphatic rings. The molecule has 1 aromatic rings. The predicted octanol–water partition coefficient (Wildman–Crippen LogP) is 2.83. The second-order valence-electron chi connectivity index (χ2n) is 6.45. The van der Waals surface area contributed by atoms with Gasteiger partial charge in [0, 0.05) is 16.5 Å². The Bertz CT molecular complexity index is 448. The fourth-order valence-electron chi connectivity index (χ4n) is 3.06. The zero-order valence-electron chi connectivity index (χ0n) is 11.7. The Morgan fingerprint density at radius 1 is 1.21 bits per heavy atom. The molecule has 104 valence electrons. The third kappa shape index (κ3) is 2.49. The average molecular weight is 261 g/mol. The highest BCUT2D eigenvalue weighted by molar-refractivity contribution is 5.39. The minimum Gasteiger partial charge on any atom is -0.492 e. The van der Waals surface area contributed by atoms with Crippen LogP contribution in [-0.2, 0) is 10.3 Å². The summed E-state index contributed by atoms with van der Waals surface area (Å²) in [6, 6.07) is 8.26. The summed E-state index contributed by atoms with van der Waals surface area (Å²) in [5.74, 6) is 0.958. The Hall–Kier alpha value is -1.06. The van der Waals surface area contributed by atoms with Crippen molar-refractivity contribution in [3.05, 3.63) is 29.8 Å². The highest BCUT2D eigenvalue weighted by Crippen LogP contribution is 2.41. The zero-order valence-corrected chi connectivity index (χ0v) is 11.7. The van der Waals surface area contributed by atoms with Gasteiger partial charge in [0.1, 0.15) is 5.75 Å². The van der Waals surface area contributed by atoms with Crippen LogP contribution in [0, 0.1) is 5.41 Å². The fourth-order valence-corrected chi connectivity index (χ4v) is 3.06. The molecule has 0 amide bonds.